The normalized spacial score (nSPS) is 10.3. The molecule has 2 rings (SSSR count). The van der Waals surface area contributed by atoms with Gasteiger partial charge in [0.15, 0.2) is 5.15 Å². The molecule has 0 aliphatic heterocycles. The SMILES string of the molecule is Cc1cnc(Cl)c(NC(=O)Cc2ccccc2F)c1. The van der Waals surface area contributed by atoms with Crippen LogP contribution < -0.4 is 5.32 Å². The van der Waals surface area contributed by atoms with Crippen molar-refractivity contribution in [2.75, 3.05) is 5.32 Å². The molecule has 2 aromatic rings. The first kappa shape index (κ1) is 13.5. The van der Waals surface area contributed by atoms with E-state index in [1.54, 1.807) is 30.5 Å². The van der Waals surface area contributed by atoms with Crippen LogP contribution in [-0.2, 0) is 11.2 Å². The van der Waals surface area contributed by atoms with Gasteiger partial charge in [0.05, 0.1) is 12.1 Å². The highest BCUT2D eigenvalue weighted by Crippen LogP contribution is 2.20. The van der Waals surface area contributed by atoms with Gasteiger partial charge in [-0.2, -0.15) is 0 Å². The number of nitrogens with zero attached hydrogens (tertiary/aromatic N) is 1. The number of nitrogens with one attached hydrogen (secondary N) is 1. The van der Waals surface area contributed by atoms with Gasteiger partial charge in [0.2, 0.25) is 5.91 Å². The maximum atomic E-state index is 13.4. The first-order valence-corrected chi connectivity index (χ1v) is 6.09. The van der Waals surface area contributed by atoms with E-state index >= 15 is 0 Å². The Labute approximate surface area is 115 Å². The van der Waals surface area contributed by atoms with Crippen LogP contribution in [0.25, 0.3) is 0 Å². The summed E-state index contributed by atoms with van der Waals surface area (Å²) in [7, 11) is 0. The molecule has 0 atom stereocenters. The first-order chi connectivity index (χ1) is 9.06. The van der Waals surface area contributed by atoms with Gasteiger partial charge in [-0.1, -0.05) is 29.8 Å². The second kappa shape index (κ2) is 5.80. The average Bonchev–Trinajstić information content (AvgIpc) is 2.37. The fourth-order valence-corrected chi connectivity index (χ4v) is 1.80. The molecule has 0 saturated heterocycles. The molecule has 0 aliphatic rings. The molecule has 0 radical (unpaired) electrons. The average molecular weight is 279 g/mol. The summed E-state index contributed by atoms with van der Waals surface area (Å²) in [6, 6.07) is 7.88. The van der Waals surface area contributed by atoms with Crippen LogP contribution in [0.3, 0.4) is 0 Å². The highest BCUT2D eigenvalue weighted by Gasteiger charge is 2.10. The fraction of sp³-hybridized carbons (Fsp3) is 0.143. The molecular weight excluding hydrogens is 267 g/mol. The molecule has 98 valence electrons. The zero-order valence-electron chi connectivity index (χ0n) is 10.3. The maximum absolute atomic E-state index is 13.4. The molecule has 0 unspecified atom stereocenters. The van der Waals surface area contributed by atoms with E-state index in [9.17, 15) is 9.18 Å². The van der Waals surface area contributed by atoms with E-state index in [1.165, 1.54) is 6.07 Å². The maximum Gasteiger partial charge on any atom is 0.228 e. The highest BCUT2D eigenvalue weighted by molar-refractivity contribution is 6.32. The van der Waals surface area contributed by atoms with Crippen LogP contribution in [0.4, 0.5) is 10.1 Å². The van der Waals surface area contributed by atoms with Crippen molar-refractivity contribution in [1.29, 1.82) is 0 Å². The monoisotopic (exact) mass is 278 g/mol. The zero-order valence-corrected chi connectivity index (χ0v) is 11.0. The van der Waals surface area contributed by atoms with Gasteiger partial charge in [0.1, 0.15) is 5.82 Å². The second-order valence-corrected chi connectivity index (χ2v) is 4.53. The summed E-state index contributed by atoms with van der Waals surface area (Å²) < 4.78 is 13.4. The summed E-state index contributed by atoms with van der Waals surface area (Å²) in [6.45, 7) is 1.84. The molecule has 3 nitrogen and oxygen atoms in total. The van der Waals surface area contributed by atoms with Crippen LogP contribution in [0.5, 0.6) is 0 Å². The number of benzene rings is 1. The van der Waals surface area contributed by atoms with Crippen molar-refractivity contribution in [3.63, 3.8) is 0 Å². The summed E-state index contributed by atoms with van der Waals surface area (Å²) in [5.74, 6) is -0.731. The Hall–Kier alpha value is -1.94. The number of carbonyl (C=O) groups excluding carboxylic acids is 1. The lowest BCUT2D eigenvalue weighted by atomic mass is 10.1. The number of carbonyl (C=O) groups is 1. The fourth-order valence-electron chi connectivity index (χ4n) is 1.65. The largest absolute Gasteiger partial charge is 0.323 e. The van der Waals surface area contributed by atoms with Gasteiger partial charge >= 0.3 is 0 Å². The molecule has 1 aromatic heterocycles. The minimum Gasteiger partial charge on any atom is -0.323 e. The summed E-state index contributed by atoms with van der Waals surface area (Å²) >= 11 is 5.87. The number of halogens is 2. The van der Waals surface area contributed by atoms with Crippen molar-refractivity contribution in [1.82, 2.24) is 4.98 Å². The van der Waals surface area contributed by atoms with Gasteiger partial charge in [-0.15, -0.1) is 0 Å². The minimum absolute atomic E-state index is 0.0447. The van der Waals surface area contributed by atoms with Crippen LogP contribution in [0.2, 0.25) is 5.15 Å². The van der Waals surface area contributed by atoms with E-state index < -0.39 is 5.82 Å². The van der Waals surface area contributed by atoms with Gasteiger partial charge in [-0.25, -0.2) is 9.37 Å². The lowest BCUT2D eigenvalue weighted by molar-refractivity contribution is -0.115. The van der Waals surface area contributed by atoms with Crippen LogP contribution >= 0.6 is 11.6 Å². The number of pyridine rings is 1. The number of aryl methyl sites for hydroxylation is 1. The van der Waals surface area contributed by atoms with Crippen LogP contribution in [0.15, 0.2) is 36.5 Å². The molecule has 0 saturated carbocycles. The molecular formula is C14H12ClFN2O. The number of hydrogen-bond acceptors (Lipinski definition) is 2. The Morgan fingerprint density at radius 3 is 2.89 bits per heavy atom. The van der Waals surface area contributed by atoms with Gasteiger partial charge in [-0.3, -0.25) is 4.79 Å². The van der Waals surface area contributed by atoms with E-state index in [2.05, 4.69) is 10.3 Å². The third kappa shape index (κ3) is 3.51. The predicted octanol–water partition coefficient (Wildman–Crippen LogP) is 3.36. The predicted molar refractivity (Wildman–Crippen MR) is 72.7 cm³/mol. The number of aromatic nitrogens is 1. The molecule has 1 N–H and O–H groups in total. The molecule has 0 bridgehead atoms. The number of anilines is 1. The van der Waals surface area contributed by atoms with E-state index in [0.717, 1.165) is 5.56 Å². The Balaban J connectivity index is 2.10. The Morgan fingerprint density at radius 2 is 2.16 bits per heavy atom. The smallest absolute Gasteiger partial charge is 0.228 e. The standard InChI is InChI=1S/C14H12ClFN2O/c1-9-6-12(14(15)17-8-9)18-13(19)7-10-4-2-3-5-11(10)16/h2-6,8H,7H2,1H3,(H,18,19). The van der Waals surface area contributed by atoms with Crippen LogP contribution in [0, 0.1) is 12.7 Å². The van der Waals surface area contributed by atoms with E-state index in [0.29, 0.717) is 11.3 Å². The van der Waals surface area contributed by atoms with Gasteiger partial charge in [0, 0.05) is 6.20 Å². The van der Waals surface area contributed by atoms with Gasteiger partial charge in [0.25, 0.3) is 0 Å². The third-order valence-electron chi connectivity index (χ3n) is 2.56. The Morgan fingerprint density at radius 1 is 1.42 bits per heavy atom. The molecule has 1 amide bonds. The molecule has 19 heavy (non-hydrogen) atoms. The molecule has 0 aliphatic carbocycles. The summed E-state index contributed by atoms with van der Waals surface area (Å²) in [4.78, 5) is 15.8. The summed E-state index contributed by atoms with van der Waals surface area (Å²) in [5.41, 5.74) is 1.66. The second-order valence-electron chi connectivity index (χ2n) is 4.17. The van der Waals surface area contributed by atoms with E-state index in [-0.39, 0.29) is 17.5 Å². The first-order valence-electron chi connectivity index (χ1n) is 5.71. The number of amides is 1. The molecule has 0 spiro atoms. The third-order valence-corrected chi connectivity index (χ3v) is 2.86. The van der Waals surface area contributed by atoms with E-state index in [4.69, 9.17) is 11.6 Å². The van der Waals surface area contributed by atoms with Crippen molar-refractivity contribution >= 4 is 23.2 Å². The molecule has 0 fully saturated rings. The Bertz CT molecular complexity index is 616. The topological polar surface area (TPSA) is 42.0 Å². The zero-order chi connectivity index (χ0) is 13.8. The lowest BCUT2D eigenvalue weighted by Crippen LogP contribution is -2.15. The van der Waals surface area contributed by atoms with Crippen molar-refractivity contribution in [3.05, 3.63) is 58.6 Å². The van der Waals surface area contributed by atoms with Crippen molar-refractivity contribution in [2.24, 2.45) is 0 Å². The van der Waals surface area contributed by atoms with Crippen molar-refractivity contribution in [3.8, 4) is 0 Å². The quantitative estimate of drug-likeness (QED) is 0.875. The molecule has 5 heteroatoms. The van der Waals surface area contributed by atoms with Crippen LogP contribution in [-0.4, -0.2) is 10.9 Å². The van der Waals surface area contributed by atoms with Crippen molar-refractivity contribution < 1.29 is 9.18 Å². The summed E-state index contributed by atoms with van der Waals surface area (Å²) in [5, 5.41) is 2.84. The summed E-state index contributed by atoms with van der Waals surface area (Å²) in [6.07, 6.45) is 1.56. The molecule has 1 heterocycles. The number of rotatable bonds is 3. The number of hydrogen-bond donors (Lipinski definition) is 1. The van der Waals surface area contributed by atoms with Gasteiger partial charge in [-0.05, 0) is 30.2 Å². The van der Waals surface area contributed by atoms with Crippen molar-refractivity contribution in [2.45, 2.75) is 13.3 Å². The Kier molecular flexibility index (Phi) is 4.12. The molecule has 1 aromatic carbocycles. The van der Waals surface area contributed by atoms with Gasteiger partial charge < -0.3 is 5.32 Å². The lowest BCUT2D eigenvalue weighted by Gasteiger charge is -2.08. The highest BCUT2D eigenvalue weighted by atomic mass is 35.5. The van der Waals surface area contributed by atoms with E-state index in [1.807, 2.05) is 6.92 Å². The minimum atomic E-state index is -0.397. The van der Waals surface area contributed by atoms with Crippen LogP contribution in [0.1, 0.15) is 11.1 Å².